The predicted octanol–water partition coefficient (Wildman–Crippen LogP) is 2.73. The summed E-state index contributed by atoms with van der Waals surface area (Å²) in [4.78, 5) is 19.4. The topological polar surface area (TPSA) is 95.2 Å². The summed E-state index contributed by atoms with van der Waals surface area (Å²) in [7, 11) is 8.03. The van der Waals surface area contributed by atoms with E-state index in [9.17, 15) is 15.0 Å². The number of hydrogen-bond acceptors (Lipinski definition) is 8. The van der Waals surface area contributed by atoms with E-state index in [1.807, 2.05) is 52.5 Å². The van der Waals surface area contributed by atoms with Crippen molar-refractivity contribution >= 4 is 34.4 Å². The highest BCUT2D eigenvalue weighted by molar-refractivity contribution is 5.81. The van der Waals surface area contributed by atoms with E-state index in [0.717, 1.165) is 22.7 Å². The summed E-state index contributed by atoms with van der Waals surface area (Å²) in [5.41, 5.74) is 4.75. The highest BCUT2D eigenvalue weighted by Crippen LogP contribution is 2.40. The molecule has 1 fully saturated rings. The third-order valence-corrected chi connectivity index (χ3v) is 6.01. The lowest BCUT2D eigenvalue weighted by Gasteiger charge is -2.24. The Balaban J connectivity index is 1.49. The summed E-state index contributed by atoms with van der Waals surface area (Å²) in [5.74, 6) is -1.02. The zero-order valence-electron chi connectivity index (χ0n) is 18.2. The average molecular weight is 425 g/mol. The molecule has 0 aromatic heterocycles. The molecule has 3 unspecified atom stereocenters. The number of hydrogen-bond donors (Lipinski definition) is 2. The van der Waals surface area contributed by atoms with Gasteiger partial charge in [0.05, 0.1) is 23.2 Å². The van der Waals surface area contributed by atoms with E-state index in [-0.39, 0.29) is 6.29 Å². The maximum absolute atomic E-state index is 11.5. The van der Waals surface area contributed by atoms with Gasteiger partial charge in [0, 0.05) is 46.1 Å². The van der Waals surface area contributed by atoms with Crippen LogP contribution in [0.2, 0.25) is 0 Å². The van der Waals surface area contributed by atoms with Crippen molar-refractivity contribution in [3.8, 4) is 0 Å². The van der Waals surface area contributed by atoms with Crippen molar-refractivity contribution in [3.63, 3.8) is 0 Å². The molecule has 0 aliphatic carbocycles. The Kier molecular flexibility index (Phi) is 5.45. The first-order valence-corrected chi connectivity index (χ1v) is 10.2. The van der Waals surface area contributed by atoms with Crippen LogP contribution in [0.1, 0.15) is 6.42 Å². The van der Waals surface area contributed by atoms with Crippen LogP contribution in [0, 0.1) is 0 Å². The standard InChI is InChI=1S/C22H28N6O3/c1-25(2)16-9-10-17-18(13-16)27(4)22(26(17)3)24-23-14-5-7-15(8-6-14)28-12-11-19(29)20(28)21(30)31/h5-10,13,19-20,22,29H,11-12H2,1-4H3,(H,30,31). The summed E-state index contributed by atoms with van der Waals surface area (Å²) in [6.45, 7) is 0.504. The van der Waals surface area contributed by atoms with Crippen molar-refractivity contribution in [1.82, 2.24) is 0 Å². The molecule has 2 aromatic rings. The molecule has 2 heterocycles. The van der Waals surface area contributed by atoms with Gasteiger partial charge in [0.25, 0.3) is 0 Å². The van der Waals surface area contributed by atoms with Crippen molar-refractivity contribution in [3.05, 3.63) is 42.5 Å². The fraction of sp³-hybridized carbons (Fsp3) is 0.409. The van der Waals surface area contributed by atoms with Crippen LogP contribution in [-0.4, -0.2) is 69.4 Å². The molecule has 0 radical (unpaired) electrons. The predicted molar refractivity (Wildman–Crippen MR) is 122 cm³/mol. The minimum atomic E-state index is -1.02. The molecule has 2 N–H and O–H groups in total. The number of aliphatic carboxylic acids is 1. The number of azo groups is 1. The molecule has 2 aliphatic rings. The molecule has 0 saturated carbocycles. The smallest absolute Gasteiger partial charge is 0.329 e. The normalized spacial score (nSPS) is 23.0. The Labute approximate surface area is 181 Å². The molecule has 0 amide bonds. The molecule has 0 spiro atoms. The van der Waals surface area contributed by atoms with E-state index in [0.29, 0.717) is 18.7 Å². The van der Waals surface area contributed by atoms with E-state index < -0.39 is 18.1 Å². The van der Waals surface area contributed by atoms with E-state index >= 15 is 0 Å². The largest absolute Gasteiger partial charge is 0.480 e. The number of benzene rings is 2. The lowest BCUT2D eigenvalue weighted by Crippen LogP contribution is -2.41. The van der Waals surface area contributed by atoms with Gasteiger partial charge < -0.3 is 29.8 Å². The molecule has 2 aromatic carbocycles. The number of carboxylic acid groups (broad SMARTS) is 1. The van der Waals surface area contributed by atoms with Crippen molar-refractivity contribution < 1.29 is 15.0 Å². The minimum absolute atomic E-state index is 0.253. The second-order valence-corrected chi connectivity index (χ2v) is 8.20. The lowest BCUT2D eigenvalue weighted by molar-refractivity contribution is -0.140. The van der Waals surface area contributed by atoms with E-state index in [4.69, 9.17) is 0 Å². The molecular formula is C22H28N6O3. The highest BCUT2D eigenvalue weighted by Gasteiger charge is 2.38. The third-order valence-electron chi connectivity index (χ3n) is 6.01. The number of fused-ring (bicyclic) bond motifs is 1. The van der Waals surface area contributed by atoms with Crippen molar-refractivity contribution in [2.75, 3.05) is 54.3 Å². The number of carbonyl (C=O) groups is 1. The van der Waals surface area contributed by atoms with Gasteiger partial charge >= 0.3 is 5.97 Å². The minimum Gasteiger partial charge on any atom is -0.480 e. The van der Waals surface area contributed by atoms with Crippen LogP contribution in [0.3, 0.4) is 0 Å². The first-order chi connectivity index (χ1) is 14.8. The second kappa shape index (κ2) is 8.07. The van der Waals surface area contributed by atoms with Crippen LogP contribution in [0.15, 0.2) is 52.7 Å². The molecule has 4 rings (SSSR count). The van der Waals surface area contributed by atoms with Crippen molar-refractivity contribution in [1.29, 1.82) is 0 Å². The molecule has 164 valence electrons. The van der Waals surface area contributed by atoms with Gasteiger partial charge in [-0.25, -0.2) is 4.79 Å². The van der Waals surface area contributed by atoms with Gasteiger partial charge in [0.2, 0.25) is 6.29 Å². The lowest BCUT2D eigenvalue weighted by atomic mass is 10.1. The van der Waals surface area contributed by atoms with Gasteiger partial charge in [0.1, 0.15) is 0 Å². The Bertz CT molecular complexity index is 993. The number of nitrogens with zero attached hydrogens (tertiary/aromatic N) is 6. The quantitative estimate of drug-likeness (QED) is 0.713. The molecule has 1 saturated heterocycles. The summed E-state index contributed by atoms with van der Waals surface area (Å²) in [5, 5.41) is 28.3. The monoisotopic (exact) mass is 424 g/mol. The van der Waals surface area contributed by atoms with Crippen molar-refractivity contribution in [2.45, 2.75) is 24.9 Å². The molecule has 31 heavy (non-hydrogen) atoms. The fourth-order valence-electron chi connectivity index (χ4n) is 4.23. The van der Waals surface area contributed by atoms with Gasteiger partial charge in [-0.3, -0.25) is 0 Å². The first-order valence-electron chi connectivity index (χ1n) is 10.2. The SMILES string of the molecule is CN(C)c1ccc2c(c1)N(C)C(N=Nc1ccc(N3CCC(O)C3C(=O)O)cc1)N2C. The second-order valence-electron chi connectivity index (χ2n) is 8.20. The molecule has 9 nitrogen and oxygen atoms in total. The fourth-order valence-corrected chi connectivity index (χ4v) is 4.23. The Morgan fingerprint density at radius 3 is 2.39 bits per heavy atom. The number of anilines is 4. The molecule has 2 aliphatic heterocycles. The molecule has 3 atom stereocenters. The van der Waals surface area contributed by atoms with E-state index in [1.54, 1.807) is 4.90 Å². The summed E-state index contributed by atoms with van der Waals surface area (Å²) >= 11 is 0. The highest BCUT2D eigenvalue weighted by atomic mass is 16.4. The van der Waals surface area contributed by atoms with Gasteiger partial charge in [-0.15, -0.1) is 5.11 Å². The van der Waals surface area contributed by atoms with Gasteiger partial charge in [0.15, 0.2) is 6.04 Å². The van der Waals surface area contributed by atoms with Crippen LogP contribution >= 0.6 is 0 Å². The number of aliphatic hydroxyl groups excluding tert-OH is 1. The maximum Gasteiger partial charge on any atom is 0.329 e. The Morgan fingerprint density at radius 1 is 1.06 bits per heavy atom. The molecule has 9 heteroatoms. The third kappa shape index (κ3) is 3.76. The maximum atomic E-state index is 11.5. The Hall–Kier alpha value is -3.33. The number of carboxylic acids is 1. The zero-order valence-corrected chi connectivity index (χ0v) is 18.2. The summed E-state index contributed by atoms with van der Waals surface area (Å²) in [6, 6.07) is 12.7. The Morgan fingerprint density at radius 2 is 1.74 bits per heavy atom. The average Bonchev–Trinajstić information content (AvgIpc) is 3.25. The first kappa shape index (κ1) is 20.9. The molecule has 0 bridgehead atoms. The van der Waals surface area contributed by atoms with Crippen LogP contribution in [0.5, 0.6) is 0 Å². The summed E-state index contributed by atoms with van der Waals surface area (Å²) < 4.78 is 0. The zero-order chi connectivity index (χ0) is 22.3. The van der Waals surface area contributed by atoms with Crippen LogP contribution in [-0.2, 0) is 4.79 Å². The summed E-state index contributed by atoms with van der Waals surface area (Å²) in [6.07, 6.45) is -0.674. The van der Waals surface area contributed by atoms with Crippen LogP contribution in [0.4, 0.5) is 28.4 Å². The van der Waals surface area contributed by atoms with E-state index in [1.165, 1.54) is 0 Å². The number of aliphatic hydroxyl groups is 1. The van der Waals surface area contributed by atoms with Crippen LogP contribution < -0.4 is 19.6 Å². The van der Waals surface area contributed by atoms with Crippen molar-refractivity contribution in [2.24, 2.45) is 10.2 Å². The van der Waals surface area contributed by atoms with Gasteiger partial charge in [-0.05, 0) is 48.9 Å². The van der Waals surface area contributed by atoms with Crippen LogP contribution in [0.25, 0.3) is 0 Å². The van der Waals surface area contributed by atoms with Gasteiger partial charge in [-0.2, -0.15) is 5.11 Å². The molecular weight excluding hydrogens is 396 g/mol. The van der Waals surface area contributed by atoms with E-state index in [2.05, 4.69) is 43.1 Å². The van der Waals surface area contributed by atoms with Gasteiger partial charge in [-0.1, -0.05) is 0 Å². The number of rotatable bonds is 5.